The van der Waals surface area contributed by atoms with Crippen molar-refractivity contribution < 1.29 is 4.39 Å². The summed E-state index contributed by atoms with van der Waals surface area (Å²) in [4.78, 5) is 0. The summed E-state index contributed by atoms with van der Waals surface area (Å²) in [6.45, 7) is 7.94. The van der Waals surface area contributed by atoms with Crippen molar-refractivity contribution >= 4 is 0 Å². The highest BCUT2D eigenvalue weighted by atomic mass is 19.1. The smallest absolute Gasteiger partial charge is 0.123 e. The lowest BCUT2D eigenvalue weighted by atomic mass is 9.95. The highest BCUT2D eigenvalue weighted by Gasteiger charge is 2.13. The number of halogens is 1. The monoisotopic (exact) mass is 238 g/mol. The second-order valence-corrected chi connectivity index (χ2v) is 4.92. The second kappa shape index (κ2) is 6.72. The summed E-state index contributed by atoms with van der Waals surface area (Å²) in [5, 5.41) is 3.41. The van der Waals surface area contributed by atoms with Gasteiger partial charge in [0, 0.05) is 6.04 Å². The molecule has 0 radical (unpaired) electrons. The molecule has 0 saturated heterocycles. The molecule has 1 aromatic carbocycles. The molecule has 3 N–H and O–H groups in total. The molecule has 0 aromatic heterocycles. The summed E-state index contributed by atoms with van der Waals surface area (Å²) >= 11 is 0. The van der Waals surface area contributed by atoms with Gasteiger partial charge in [-0.1, -0.05) is 26.0 Å². The molecule has 0 aliphatic carbocycles. The van der Waals surface area contributed by atoms with Crippen LogP contribution in [0.5, 0.6) is 0 Å². The van der Waals surface area contributed by atoms with E-state index in [-0.39, 0.29) is 11.9 Å². The summed E-state index contributed by atoms with van der Waals surface area (Å²) < 4.78 is 13.1. The summed E-state index contributed by atoms with van der Waals surface area (Å²) in [6.07, 6.45) is 0. The molecule has 0 fully saturated rings. The predicted octanol–water partition coefficient (Wildman–Crippen LogP) is 2.71. The molecule has 2 nitrogen and oxygen atoms in total. The molecule has 2 atom stereocenters. The summed E-state index contributed by atoms with van der Waals surface area (Å²) in [5.74, 6) is 0.841. The number of nitrogens with two attached hydrogens (primary N) is 1. The number of rotatable bonds is 6. The zero-order valence-corrected chi connectivity index (χ0v) is 10.9. The molecule has 0 bridgehead atoms. The third-order valence-electron chi connectivity index (χ3n) is 3.28. The van der Waals surface area contributed by atoms with Gasteiger partial charge in [-0.15, -0.1) is 0 Å². The minimum atomic E-state index is -0.185. The lowest BCUT2D eigenvalue weighted by Gasteiger charge is -2.22. The van der Waals surface area contributed by atoms with Gasteiger partial charge in [0.05, 0.1) is 0 Å². The molecule has 0 heterocycles. The zero-order valence-electron chi connectivity index (χ0n) is 10.9. The van der Waals surface area contributed by atoms with E-state index in [1.165, 1.54) is 6.07 Å². The Kier molecular flexibility index (Phi) is 5.59. The lowest BCUT2D eigenvalue weighted by Crippen LogP contribution is -2.33. The topological polar surface area (TPSA) is 38.0 Å². The molecule has 3 heteroatoms. The molecule has 0 aliphatic heterocycles. The third-order valence-corrected chi connectivity index (χ3v) is 3.28. The van der Waals surface area contributed by atoms with Crippen molar-refractivity contribution in [2.24, 2.45) is 17.6 Å². The van der Waals surface area contributed by atoms with Crippen LogP contribution in [0, 0.1) is 17.7 Å². The van der Waals surface area contributed by atoms with E-state index in [1.54, 1.807) is 12.1 Å². The van der Waals surface area contributed by atoms with Gasteiger partial charge in [0.1, 0.15) is 5.82 Å². The Bertz CT molecular complexity index is 339. The van der Waals surface area contributed by atoms with Gasteiger partial charge in [0.25, 0.3) is 0 Å². The normalized spacial score (nSPS) is 14.9. The van der Waals surface area contributed by atoms with E-state index in [2.05, 4.69) is 19.2 Å². The quantitative estimate of drug-likeness (QED) is 0.799. The van der Waals surface area contributed by atoms with Gasteiger partial charge in [0.2, 0.25) is 0 Å². The third kappa shape index (κ3) is 4.44. The molecule has 17 heavy (non-hydrogen) atoms. The van der Waals surface area contributed by atoms with Crippen molar-refractivity contribution in [1.29, 1.82) is 0 Å². The Morgan fingerprint density at radius 3 is 2.53 bits per heavy atom. The second-order valence-electron chi connectivity index (χ2n) is 4.92. The highest BCUT2D eigenvalue weighted by Crippen LogP contribution is 2.15. The van der Waals surface area contributed by atoms with Crippen molar-refractivity contribution in [1.82, 2.24) is 5.32 Å². The van der Waals surface area contributed by atoms with Gasteiger partial charge in [-0.2, -0.15) is 0 Å². The van der Waals surface area contributed by atoms with Gasteiger partial charge in [-0.05, 0) is 49.5 Å². The Hall–Kier alpha value is -0.930. The van der Waals surface area contributed by atoms with E-state index in [0.29, 0.717) is 18.4 Å². The molecule has 0 amide bonds. The van der Waals surface area contributed by atoms with Crippen LogP contribution in [0.4, 0.5) is 4.39 Å². The number of hydrogen-bond acceptors (Lipinski definition) is 2. The Morgan fingerprint density at radius 2 is 2.00 bits per heavy atom. The first-order valence-electron chi connectivity index (χ1n) is 6.23. The van der Waals surface area contributed by atoms with Crippen LogP contribution < -0.4 is 11.1 Å². The predicted molar refractivity (Wildman–Crippen MR) is 70.2 cm³/mol. The van der Waals surface area contributed by atoms with Crippen molar-refractivity contribution in [2.75, 3.05) is 13.1 Å². The fourth-order valence-corrected chi connectivity index (χ4v) is 1.81. The van der Waals surface area contributed by atoms with E-state index < -0.39 is 0 Å². The van der Waals surface area contributed by atoms with Crippen molar-refractivity contribution in [3.8, 4) is 0 Å². The standard InChI is InChI=1S/C14H23FN2/c1-10(2)13(8-16)9-17-11(3)12-5-4-6-14(15)7-12/h4-7,10-11,13,17H,8-9,16H2,1-3H3/t11-,13?/m0/s1. The maximum Gasteiger partial charge on any atom is 0.123 e. The van der Waals surface area contributed by atoms with E-state index >= 15 is 0 Å². The molecule has 0 saturated carbocycles. The van der Waals surface area contributed by atoms with Crippen LogP contribution >= 0.6 is 0 Å². The maximum absolute atomic E-state index is 13.1. The van der Waals surface area contributed by atoms with Crippen LogP contribution in [0.25, 0.3) is 0 Å². The van der Waals surface area contributed by atoms with Crippen LogP contribution in [0.2, 0.25) is 0 Å². The van der Waals surface area contributed by atoms with E-state index in [0.717, 1.165) is 12.1 Å². The van der Waals surface area contributed by atoms with Crippen LogP contribution in [0.1, 0.15) is 32.4 Å². The average molecular weight is 238 g/mol. The molecule has 0 aliphatic rings. The van der Waals surface area contributed by atoms with Crippen LogP contribution in [0.3, 0.4) is 0 Å². The largest absolute Gasteiger partial charge is 0.330 e. The van der Waals surface area contributed by atoms with E-state index in [9.17, 15) is 4.39 Å². The summed E-state index contributed by atoms with van der Waals surface area (Å²) in [5.41, 5.74) is 6.70. The van der Waals surface area contributed by atoms with Gasteiger partial charge < -0.3 is 11.1 Å². The van der Waals surface area contributed by atoms with Crippen LogP contribution in [-0.4, -0.2) is 13.1 Å². The first-order valence-corrected chi connectivity index (χ1v) is 6.23. The Morgan fingerprint density at radius 1 is 1.29 bits per heavy atom. The molecule has 1 unspecified atom stereocenters. The number of hydrogen-bond donors (Lipinski definition) is 2. The minimum Gasteiger partial charge on any atom is -0.330 e. The molecule has 1 aromatic rings. The van der Waals surface area contributed by atoms with Crippen molar-refractivity contribution in [2.45, 2.75) is 26.8 Å². The Labute approximate surface area is 103 Å². The van der Waals surface area contributed by atoms with Crippen molar-refractivity contribution in [3.05, 3.63) is 35.6 Å². The first-order chi connectivity index (χ1) is 8.04. The molecule has 0 spiro atoms. The van der Waals surface area contributed by atoms with Gasteiger partial charge in [0.15, 0.2) is 0 Å². The summed E-state index contributed by atoms with van der Waals surface area (Å²) in [6, 6.07) is 6.87. The van der Waals surface area contributed by atoms with E-state index in [1.807, 2.05) is 13.0 Å². The Balaban J connectivity index is 2.52. The van der Waals surface area contributed by atoms with Gasteiger partial charge in [-0.25, -0.2) is 4.39 Å². The molecular weight excluding hydrogens is 215 g/mol. The zero-order chi connectivity index (χ0) is 12.8. The number of nitrogens with one attached hydrogen (secondary N) is 1. The minimum absolute atomic E-state index is 0.151. The van der Waals surface area contributed by atoms with Gasteiger partial charge in [-0.3, -0.25) is 0 Å². The van der Waals surface area contributed by atoms with Crippen molar-refractivity contribution in [3.63, 3.8) is 0 Å². The van der Waals surface area contributed by atoms with E-state index in [4.69, 9.17) is 5.73 Å². The molecule has 96 valence electrons. The van der Waals surface area contributed by atoms with Crippen LogP contribution in [-0.2, 0) is 0 Å². The molecular formula is C14H23FN2. The fourth-order valence-electron chi connectivity index (χ4n) is 1.81. The first kappa shape index (κ1) is 14.1. The van der Waals surface area contributed by atoms with Gasteiger partial charge >= 0.3 is 0 Å². The number of benzene rings is 1. The highest BCUT2D eigenvalue weighted by molar-refractivity contribution is 5.19. The SMILES string of the molecule is CC(C)C(CN)CN[C@@H](C)c1cccc(F)c1. The fraction of sp³-hybridized carbons (Fsp3) is 0.571. The molecule has 1 rings (SSSR count). The summed E-state index contributed by atoms with van der Waals surface area (Å²) in [7, 11) is 0. The maximum atomic E-state index is 13.1. The van der Waals surface area contributed by atoms with Crippen LogP contribution in [0.15, 0.2) is 24.3 Å². The lowest BCUT2D eigenvalue weighted by molar-refractivity contribution is 0.356. The average Bonchev–Trinajstić information content (AvgIpc) is 2.29.